The summed E-state index contributed by atoms with van der Waals surface area (Å²) in [4.78, 5) is 0. The van der Waals surface area contributed by atoms with Crippen molar-refractivity contribution < 1.29 is 4.74 Å². The largest absolute Gasteiger partial charge is 0.497 e. The highest BCUT2D eigenvalue weighted by Crippen LogP contribution is 2.33. The topological polar surface area (TPSA) is 203 Å². The second-order valence-electron chi connectivity index (χ2n) is 10.5. The lowest BCUT2D eigenvalue weighted by molar-refractivity contribution is 0.337. The predicted octanol–water partition coefficient (Wildman–Crippen LogP) is 3.56. The van der Waals surface area contributed by atoms with E-state index in [1.54, 1.807) is 7.11 Å². The van der Waals surface area contributed by atoms with Gasteiger partial charge in [0.05, 0.1) is 12.6 Å². The number of hydrogen-bond donors (Lipinski definition) is 8. The quantitative estimate of drug-likeness (QED) is 0.168. The normalized spacial score (nSPS) is 13.3. The van der Waals surface area contributed by atoms with Crippen molar-refractivity contribution in [2.75, 3.05) is 40.3 Å². The number of methoxy groups -OCH3 is 1. The highest BCUT2D eigenvalue weighted by atomic mass is 16.5. The van der Waals surface area contributed by atoms with E-state index in [1.807, 2.05) is 68.6 Å². The minimum atomic E-state index is -0.728. The number of nitrogens with two attached hydrogens (primary N) is 7. The molecule has 0 aliphatic rings. The van der Waals surface area contributed by atoms with Crippen LogP contribution >= 0.6 is 0 Å². The fourth-order valence-electron chi connectivity index (χ4n) is 3.90. The Balaban J connectivity index is -0.000000638. The van der Waals surface area contributed by atoms with Gasteiger partial charge in [-0.15, -0.1) is 0 Å². The van der Waals surface area contributed by atoms with Gasteiger partial charge >= 0.3 is 0 Å². The van der Waals surface area contributed by atoms with Crippen molar-refractivity contribution >= 4 is 0 Å². The van der Waals surface area contributed by atoms with Gasteiger partial charge in [-0.2, -0.15) is 0 Å². The molecular formula is C35H66N8O. The Morgan fingerprint density at radius 1 is 0.727 bits per heavy atom. The monoisotopic (exact) mass is 615 g/mol. The van der Waals surface area contributed by atoms with E-state index < -0.39 is 5.54 Å². The second kappa shape index (κ2) is 25.5. The van der Waals surface area contributed by atoms with E-state index in [-0.39, 0.29) is 38.9 Å². The first-order valence-corrected chi connectivity index (χ1v) is 14.5. The summed E-state index contributed by atoms with van der Waals surface area (Å²) in [6.07, 6.45) is 0. The molecule has 0 spiro atoms. The molecule has 0 aliphatic heterocycles. The number of rotatable bonds is 10. The zero-order chi connectivity index (χ0) is 32.1. The molecule has 252 valence electrons. The molecule has 9 heteroatoms. The summed E-state index contributed by atoms with van der Waals surface area (Å²) in [5.74, 6) is 1.07. The van der Waals surface area contributed by atoms with E-state index in [0.717, 1.165) is 35.5 Å². The maximum Gasteiger partial charge on any atom is 0.118 e. The van der Waals surface area contributed by atoms with E-state index in [1.165, 1.54) is 5.56 Å². The first-order valence-electron chi connectivity index (χ1n) is 14.5. The third-order valence-corrected chi connectivity index (χ3v) is 6.65. The number of benzene rings is 3. The molecule has 0 saturated heterocycles. The first-order chi connectivity index (χ1) is 19.9. The summed E-state index contributed by atoms with van der Waals surface area (Å²) >= 11 is 0. The molecule has 3 rings (SSSR count). The van der Waals surface area contributed by atoms with E-state index in [2.05, 4.69) is 50.4 Å². The fraction of sp³-hybridized carbons (Fsp3) is 0.486. The van der Waals surface area contributed by atoms with Crippen LogP contribution in [0, 0.1) is 12.8 Å². The highest BCUT2D eigenvalue weighted by Gasteiger charge is 2.38. The van der Waals surface area contributed by atoms with Gasteiger partial charge < -0.3 is 50.2 Å². The maximum atomic E-state index is 6.86. The summed E-state index contributed by atoms with van der Waals surface area (Å²) in [6, 6.07) is 25.8. The fourth-order valence-corrected chi connectivity index (χ4v) is 3.90. The molecule has 9 nitrogen and oxygen atoms in total. The van der Waals surface area contributed by atoms with Crippen molar-refractivity contribution in [2.24, 2.45) is 46.1 Å². The van der Waals surface area contributed by atoms with Gasteiger partial charge in [-0.3, -0.25) is 0 Å². The molecule has 0 saturated carbocycles. The van der Waals surface area contributed by atoms with Crippen LogP contribution in [0.3, 0.4) is 0 Å². The number of nitrogens with one attached hydrogen (secondary N) is 1. The Kier molecular flexibility index (Phi) is 26.4. The molecule has 1 unspecified atom stereocenters. The Labute approximate surface area is 269 Å². The second-order valence-corrected chi connectivity index (χ2v) is 10.5. The van der Waals surface area contributed by atoms with Crippen LogP contribution in [-0.2, 0) is 5.54 Å². The Morgan fingerprint density at radius 3 is 1.50 bits per heavy atom. The lowest BCUT2D eigenvalue weighted by Gasteiger charge is -2.39. The van der Waals surface area contributed by atoms with Crippen LogP contribution in [0.2, 0.25) is 0 Å². The van der Waals surface area contributed by atoms with Crippen LogP contribution in [0.1, 0.15) is 63.9 Å². The molecule has 3 aromatic rings. The van der Waals surface area contributed by atoms with Crippen LogP contribution in [0.25, 0.3) is 0 Å². The molecule has 0 fully saturated rings. The van der Waals surface area contributed by atoms with Crippen LogP contribution in [0.4, 0.5) is 0 Å². The molecule has 0 aromatic heterocycles. The van der Waals surface area contributed by atoms with Crippen LogP contribution in [0.5, 0.6) is 5.75 Å². The van der Waals surface area contributed by atoms with Gasteiger partial charge in [-0.05, 0) is 55.6 Å². The Bertz CT molecular complexity index is 1040. The van der Waals surface area contributed by atoms with Crippen molar-refractivity contribution in [3.63, 3.8) is 0 Å². The number of hydrogen-bond acceptors (Lipinski definition) is 9. The molecule has 4 atom stereocenters. The number of aryl methyl sites for hydroxylation is 1. The maximum absolute atomic E-state index is 6.86. The summed E-state index contributed by atoms with van der Waals surface area (Å²) in [5, 5.41) is 2.89. The third-order valence-electron chi connectivity index (χ3n) is 6.65. The van der Waals surface area contributed by atoms with Gasteiger partial charge in [0.1, 0.15) is 5.75 Å². The summed E-state index contributed by atoms with van der Waals surface area (Å²) in [6.45, 7) is 11.0. The summed E-state index contributed by atoms with van der Waals surface area (Å²) in [5.41, 5.74) is 43.3. The van der Waals surface area contributed by atoms with E-state index >= 15 is 0 Å². The molecule has 15 N–H and O–H groups in total. The van der Waals surface area contributed by atoms with E-state index in [9.17, 15) is 0 Å². The van der Waals surface area contributed by atoms with Crippen molar-refractivity contribution in [3.8, 4) is 5.75 Å². The molecule has 0 amide bonds. The van der Waals surface area contributed by atoms with Gasteiger partial charge in [-0.1, -0.05) is 101 Å². The lowest BCUT2D eigenvalue weighted by Crippen LogP contribution is -2.55. The van der Waals surface area contributed by atoms with Crippen molar-refractivity contribution in [1.29, 1.82) is 0 Å². The van der Waals surface area contributed by atoms with Crippen LogP contribution in [-0.4, -0.2) is 52.4 Å². The molecular weight excluding hydrogens is 548 g/mol. The van der Waals surface area contributed by atoms with Crippen molar-refractivity contribution in [3.05, 3.63) is 101 Å². The van der Waals surface area contributed by atoms with Gasteiger partial charge in [0, 0.05) is 44.3 Å². The molecule has 0 heterocycles. The standard InChI is InChI=1S/C19H26N2O.C9H14N2.C3H10N2.C2H8N2.2CH4/c1-13(2)18(20)19(21,15-7-5-14(3)6-8-15)16-9-11-17(22-4)12-10-16;1-7(10)9(11)8-5-3-2-4-6-8;1-5-3-2-4;3-1-2-4;;/h5-13,18H,20-21H2,1-4H3;2-7,9H,10-11H2,1H3;5H,2-4H2,1H3;1-4H2;2*1H4/t18-,19?;7-,9+;;;;/m11..../s1. The molecule has 44 heavy (non-hydrogen) atoms. The highest BCUT2D eigenvalue weighted by molar-refractivity contribution is 5.43. The summed E-state index contributed by atoms with van der Waals surface area (Å²) < 4.78 is 5.24. The average molecular weight is 615 g/mol. The molecule has 3 aromatic carbocycles. The first kappa shape index (κ1) is 45.6. The van der Waals surface area contributed by atoms with Crippen molar-refractivity contribution in [2.45, 2.75) is 66.2 Å². The minimum absolute atomic E-state index is 0. The van der Waals surface area contributed by atoms with Crippen molar-refractivity contribution in [1.82, 2.24) is 5.32 Å². The van der Waals surface area contributed by atoms with E-state index in [0.29, 0.717) is 13.1 Å². The zero-order valence-electron chi connectivity index (χ0n) is 26.6. The zero-order valence-corrected chi connectivity index (χ0v) is 26.6. The van der Waals surface area contributed by atoms with Gasteiger partial charge in [0.15, 0.2) is 0 Å². The molecule has 0 aliphatic carbocycles. The van der Waals surface area contributed by atoms with Gasteiger partial charge in [0.25, 0.3) is 0 Å². The SMILES string of the molecule is C.C.CNCCN.COc1ccc(C(N)(c2ccc(C)cc2)[C@H](N)C(C)C)cc1.C[C@@H](N)[C@H](N)c1ccccc1.NCCN. The van der Waals surface area contributed by atoms with Gasteiger partial charge in [-0.25, -0.2) is 0 Å². The number of ether oxygens (including phenoxy) is 1. The average Bonchev–Trinajstić information content (AvgIpc) is 3.01. The Morgan fingerprint density at radius 2 is 1.18 bits per heavy atom. The number of likely N-dealkylation sites (N-methyl/N-ethyl adjacent to an activating group) is 1. The summed E-state index contributed by atoms with van der Waals surface area (Å²) in [7, 11) is 3.54. The smallest absolute Gasteiger partial charge is 0.118 e. The molecule has 0 bridgehead atoms. The van der Waals surface area contributed by atoms with Crippen LogP contribution < -0.4 is 50.2 Å². The Hall–Kier alpha value is -2.86. The lowest BCUT2D eigenvalue weighted by atomic mass is 9.74. The predicted molar refractivity (Wildman–Crippen MR) is 194 cm³/mol. The van der Waals surface area contributed by atoms with Gasteiger partial charge in [0.2, 0.25) is 0 Å². The molecule has 0 radical (unpaired) electrons. The van der Waals surface area contributed by atoms with E-state index in [4.69, 9.17) is 44.9 Å². The minimum Gasteiger partial charge on any atom is -0.497 e. The third kappa shape index (κ3) is 15.7. The van der Waals surface area contributed by atoms with Crippen LogP contribution in [0.15, 0.2) is 78.9 Å².